The zero-order chi connectivity index (χ0) is 50.8. The summed E-state index contributed by atoms with van der Waals surface area (Å²) < 4.78 is 11.2. The van der Waals surface area contributed by atoms with Crippen LogP contribution < -0.4 is 5.32 Å². The quantitative estimate of drug-likeness (QED) is 0.0261. The smallest absolute Gasteiger partial charge is 0.220 e. The highest BCUT2D eigenvalue weighted by Gasteiger charge is 2.44. The molecule has 0 aromatic rings. The van der Waals surface area contributed by atoms with E-state index in [1.54, 1.807) is 6.08 Å². The van der Waals surface area contributed by atoms with E-state index in [9.17, 15) is 30.3 Å². The molecule has 9 nitrogen and oxygen atoms in total. The molecule has 0 spiro atoms. The SMILES string of the molecule is CC/C=C/CC/C=C/CC/C=C/C(O)C(COC1OC(CO)C(O)C(O)C1O)NC(=O)CCCCCCCCCCCCCCCCCCCCCCCCCCC/C=C\CCCCCCCCCC. The second-order valence-electron chi connectivity index (χ2n) is 20.7. The van der Waals surface area contributed by atoms with Crippen LogP contribution in [0.1, 0.15) is 277 Å². The number of ether oxygens (including phenoxy) is 2. The average Bonchev–Trinajstić information content (AvgIpc) is 3.36. The van der Waals surface area contributed by atoms with Gasteiger partial charge in [0.15, 0.2) is 6.29 Å². The van der Waals surface area contributed by atoms with E-state index in [-0.39, 0.29) is 12.5 Å². The Bertz CT molecular complexity index is 1240. The minimum atomic E-state index is -1.57. The molecule has 6 N–H and O–H groups in total. The Morgan fingerprint density at radius 3 is 1.27 bits per heavy atom. The van der Waals surface area contributed by atoms with Gasteiger partial charge in [0, 0.05) is 6.42 Å². The fourth-order valence-electron chi connectivity index (χ4n) is 9.43. The molecule has 0 bridgehead atoms. The molecular weight excluding hydrogens is 875 g/mol. The summed E-state index contributed by atoms with van der Waals surface area (Å²) in [6, 6.07) is -0.825. The van der Waals surface area contributed by atoms with Crippen LogP contribution >= 0.6 is 0 Å². The minimum Gasteiger partial charge on any atom is -0.394 e. The molecule has 7 unspecified atom stereocenters. The zero-order valence-electron chi connectivity index (χ0n) is 45.5. The molecule has 70 heavy (non-hydrogen) atoms. The number of carbonyl (C=O) groups is 1. The fourth-order valence-corrected chi connectivity index (χ4v) is 9.43. The van der Waals surface area contributed by atoms with Gasteiger partial charge < -0.3 is 40.3 Å². The van der Waals surface area contributed by atoms with Crippen LogP contribution in [0, 0.1) is 0 Å². The molecule has 1 rings (SSSR count). The maximum Gasteiger partial charge on any atom is 0.220 e. The van der Waals surface area contributed by atoms with Gasteiger partial charge >= 0.3 is 0 Å². The molecule has 0 aromatic heterocycles. The van der Waals surface area contributed by atoms with E-state index in [1.165, 1.54) is 205 Å². The normalized spacial score (nSPS) is 19.7. The molecule has 1 aliphatic heterocycles. The van der Waals surface area contributed by atoms with E-state index in [0.717, 1.165) is 51.4 Å². The van der Waals surface area contributed by atoms with Gasteiger partial charge in [-0.1, -0.05) is 255 Å². The van der Waals surface area contributed by atoms with Crippen molar-refractivity contribution in [2.75, 3.05) is 13.2 Å². The Balaban J connectivity index is 2.02. The lowest BCUT2D eigenvalue weighted by atomic mass is 9.99. The van der Waals surface area contributed by atoms with Gasteiger partial charge in [0.2, 0.25) is 5.91 Å². The monoisotopic (exact) mass is 988 g/mol. The van der Waals surface area contributed by atoms with Gasteiger partial charge in [-0.3, -0.25) is 4.79 Å². The van der Waals surface area contributed by atoms with Crippen molar-refractivity contribution < 1.29 is 39.8 Å². The van der Waals surface area contributed by atoms with Gasteiger partial charge in [0.25, 0.3) is 0 Å². The topological polar surface area (TPSA) is 149 Å². The summed E-state index contributed by atoms with van der Waals surface area (Å²) in [5, 5.41) is 54.2. The summed E-state index contributed by atoms with van der Waals surface area (Å²) in [5.41, 5.74) is 0. The molecule has 0 aromatic carbocycles. The Morgan fingerprint density at radius 1 is 0.486 bits per heavy atom. The van der Waals surface area contributed by atoms with Crippen molar-refractivity contribution in [2.45, 2.75) is 320 Å². The van der Waals surface area contributed by atoms with Crippen molar-refractivity contribution >= 4 is 5.91 Å². The van der Waals surface area contributed by atoms with Crippen molar-refractivity contribution in [1.82, 2.24) is 5.32 Å². The average molecular weight is 989 g/mol. The first-order chi connectivity index (χ1) is 34.3. The number of unbranched alkanes of at least 4 members (excludes halogenated alkanes) is 35. The van der Waals surface area contributed by atoms with Crippen molar-refractivity contribution in [3.8, 4) is 0 Å². The third kappa shape index (κ3) is 39.7. The first kappa shape index (κ1) is 66.2. The molecule has 410 valence electrons. The third-order valence-electron chi connectivity index (χ3n) is 14.1. The molecule has 1 aliphatic rings. The number of aliphatic hydroxyl groups excluding tert-OH is 5. The highest BCUT2D eigenvalue weighted by Crippen LogP contribution is 2.23. The van der Waals surface area contributed by atoms with Crippen LogP contribution in [0.25, 0.3) is 0 Å². The molecule has 7 atom stereocenters. The predicted molar refractivity (Wildman–Crippen MR) is 295 cm³/mol. The second-order valence-corrected chi connectivity index (χ2v) is 20.7. The molecule has 1 amide bonds. The fraction of sp³-hybridized carbons (Fsp3) is 0.852. The summed E-state index contributed by atoms with van der Waals surface area (Å²) in [5.74, 6) is -0.190. The Labute approximate surface area is 431 Å². The Hall–Kier alpha value is -1.85. The predicted octanol–water partition coefficient (Wildman–Crippen LogP) is 14.9. The number of carbonyl (C=O) groups excluding carboxylic acids is 1. The maximum absolute atomic E-state index is 13.0. The van der Waals surface area contributed by atoms with E-state index in [1.807, 2.05) is 6.08 Å². The van der Waals surface area contributed by atoms with Crippen molar-refractivity contribution in [3.63, 3.8) is 0 Å². The first-order valence-corrected chi connectivity index (χ1v) is 29.9. The number of rotatable bonds is 51. The number of hydrogen-bond acceptors (Lipinski definition) is 8. The van der Waals surface area contributed by atoms with Crippen LogP contribution in [0.2, 0.25) is 0 Å². The zero-order valence-corrected chi connectivity index (χ0v) is 45.5. The van der Waals surface area contributed by atoms with Crippen LogP contribution in [0.5, 0.6) is 0 Å². The summed E-state index contributed by atoms with van der Waals surface area (Å²) in [6.45, 7) is 3.64. The molecule has 1 fully saturated rings. The van der Waals surface area contributed by atoms with E-state index in [0.29, 0.717) is 6.42 Å². The Morgan fingerprint density at radius 2 is 0.857 bits per heavy atom. The number of aliphatic hydroxyl groups is 5. The van der Waals surface area contributed by atoms with Crippen LogP contribution in [-0.2, 0) is 14.3 Å². The van der Waals surface area contributed by atoms with Crippen LogP contribution in [-0.4, -0.2) is 87.5 Å². The van der Waals surface area contributed by atoms with E-state index < -0.39 is 49.5 Å². The van der Waals surface area contributed by atoms with E-state index in [2.05, 4.69) is 55.6 Å². The lowest BCUT2D eigenvalue weighted by Crippen LogP contribution is -2.60. The van der Waals surface area contributed by atoms with Crippen LogP contribution in [0.15, 0.2) is 48.6 Å². The van der Waals surface area contributed by atoms with Gasteiger partial charge in [-0.2, -0.15) is 0 Å². The lowest BCUT2D eigenvalue weighted by molar-refractivity contribution is -0.302. The highest BCUT2D eigenvalue weighted by molar-refractivity contribution is 5.76. The van der Waals surface area contributed by atoms with Crippen molar-refractivity contribution in [3.05, 3.63) is 48.6 Å². The lowest BCUT2D eigenvalue weighted by Gasteiger charge is -2.40. The number of nitrogens with one attached hydrogen (secondary N) is 1. The second kappa shape index (κ2) is 50.7. The molecule has 1 heterocycles. The van der Waals surface area contributed by atoms with Crippen molar-refractivity contribution in [1.29, 1.82) is 0 Å². The van der Waals surface area contributed by atoms with Gasteiger partial charge in [0.1, 0.15) is 24.4 Å². The van der Waals surface area contributed by atoms with Crippen molar-refractivity contribution in [2.24, 2.45) is 0 Å². The van der Waals surface area contributed by atoms with Gasteiger partial charge in [-0.05, 0) is 64.2 Å². The molecule has 1 saturated heterocycles. The molecule has 0 saturated carbocycles. The summed E-state index contributed by atoms with van der Waals surface area (Å²) in [7, 11) is 0. The van der Waals surface area contributed by atoms with Gasteiger partial charge in [-0.15, -0.1) is 0 Å². The summed E-state index contributed by atoms with van der Waals surface area (Å²) in [6.07, 6.45) is 61.0. The van der Waals surface area contributed by atoms with E-state index in [4.69, 9.17) is 9.47 Å². The number of allylic oxidation sites excluding steroid dienone is 7. The number of amides is 1. The summed E-state index contributed by atoms with van der Waals surface area (Å²) in [4.78, 5) is 13.0. The number of hydrogen-bond donors (Lipinski definition) is 6. The maximum atomic E-state index is 13.0. The Kier molecular flexibility index (Phi) is 47.9. The first-order valence-electron chi connectivity index (χ1n) is 29.9. The van der Waals surface area contributed by atoms with E-state index >= 15 is 0 Å². The molecule has 9 heteroatoms. The standard InChI is InChI=1S/C61H113NO8/c1-3-5-7-9-11-13-15-16-17-18-19-20-21-22-23-24-25-26-27-28-29-30-31-32-33-34-35-36-37-38-39-40-41-43-45-47-49-51-57(65)62-54(53-69-61-60(68)59(67)58(66)56(52-63)70-61)55(64)50-48-46-44-42-14-12-10-8-6-4-2/h6,8,14,18-19,42,48,50,54-56,58-61,63-64,66-68H,3-5,7,9-13,15-17,20-41,43-47,49,51-53H2,1-2H3,(H,62,65)/b8-6+,19-18-,42-14+,50-48+. The van der Waals surface area contributed by atoms with Crippen LogP contribution in [0.3, 0.4) is 0 Å². The highest BCUT2D eigenvalue weighted by atomic mass is 16.7. The van der Waals surface area contributed by atoms with Gasteiger partial charge in [-0.25, -0.2) is 0 Å². The molecule has 0 aliphatic carbocycles. The largest absolute Gasteiger partial charge is 0.394 e. The van der Waals surface area contributed by atoms with Gasteiger partial charge in [0.05, 0.1) is 25.4 Å². The molecule has 0 radical (unpaired) electrons. The third-order valence-corrected chi connectivity index (χ3v) is 14.1. The van der Waals surface area contributed by atoms with Crippen LogP contribution in [0.4, 0.5) is 0 Å². The molecular formula is C61H113NO8. The minimum absolute atomic E-state index is 0.190. The summed E-state index contributed by atoms with van der Waals surface area (Å²) >= 11 is 0.